The number of hydrogen-bond donors (Lipinski definition) is 0. The van der Waals surface area contributed by atoms with Crippen molar-refractivity contribution >= 4 is 11.6 Å². The van der Waals surface area contributed by atoms with Gasteiger partial charge < -0.3 is 4.57 Å². The largest absolute Gasteiger partial charge is 0.326 e. The van der Waals surface area contributed by atoms with Crippen molar-refractivity contribution in [3.05, 3.63) is 47.1 Å². The first-order valence-electron chi connectivity index (χ1n) is 5.82. The quantitative estimate of drug-likeness (QED) is 0.744. The molecule has 18 heavy (non-hydrogen) atoms. The van der Waals surface area contributed by atoms with Crippen LogP contribution in [0.3, 0.4) is 0 Å². The van der Waals surface area contributed by atoms with Gasteiger partial charge in [0.2, 0.25) is 0 Å². The molecule has 1 aromatic heterocycles. The minimum absolute atomic E-state index is 0.191. The van der Waals surface area contributed by atoms with Gasteiger partial charge in [-0.05, 0) is 32.4 Å². The van der Waals surface area contributed by atoms with Crippen LogP contribution in [-0.4, -0.2) is 4.57 Å². The highest BCUT2D eigenvalue weighted by Gasteiger charge is 2.23. The predicted molar refractivity (Wildman–Crippen MR) is 74.6 cm³/mol. The Kier molecular flexibility index (Phi) is 3.19. The fourth-order valence-corrected chi connectivity index (χ4v) is 2.33. The van der Waals surface area contributed by atoms with Gasteiger partial charge in [-0.2, -0.15) is 5.26 Å². The summed E-state index contributed by atoms with van der Waals surface area (Å²) in [5, 5.41) is 9.77. The molecule has 92 valence electrons. The summed E-state index contributed by atoms with van der Waals surface area (Å²) in [6, 6.07) is 14.0. The second-order valence-corrected chi connectivity index (χ2v) is 5.62. The Morgan fingerprint density at radius 1 is 1.17 bits per heavy atom. The van der Waals surface area contributed by atoms with E-state index in [-0.39, 0.29) is 5.54 Å². The molecule has 0 aliphatic heterocycles. The molecule has 1 heterocycles. The standard InChI is InChI=1S/C15H15ClN2/c1-15(2,3)18-13(9-12(16)14(18)10-17)11-7-5-4-6-8-11/h4-9H,1-3H3. The van der Waals surface area contributed by atoms with E-state index in [1.54, 1.807) is 0 Å². The van der Waals surface area contributed by atoms with Crippen LogP contribution < -0.4 is 0 Å². The van der Waals surface area contributed by atoms with E-state index in [1.807, 2.05) is 41.0 Å². The van der Waals surface area contributed by atoms with Gasteiger partial charge in [-0.3, -0.25) is 0 Å². The fraction of sp³-hybridized carbons (Fsp3) is 0.267. The van der Waals surface area contributed by atoms with Gasteiger partial charge >= 0.3 is 0 Å². The average Bonchev–Trinajstić information content (AvgIpc) is 2.67. The third-order valence-electron chi connectivity index (χ3n) is 2.80. The lowest BCUT2D eigenvalue weighted by atomic mass is 10.1. The maximum Gasteiger partial charge on any atom is 0.140 e. The van der Waals surface area contributed by atoms with Crippen molar-refractivity contribution in [2.75, 3.05) is 0 Å². The molecule has 0 amide bonds. The molecule has 0 spiro atoms. The lowest BCUT2D eigenvalue weighted by Gasteiger charge is -2.25. The molecule has 1 aromatic carbocycles. The normalized spacial score (nSPS) is 11.3. The van der Waals surface area contributed by atoms with Crippen LogP contribution in [0.15, 0.2) is 36.4 Å². The minimum atomic E-state index is -0.191. The Labute approximate surface area is 112 Å². The molecule has 2 aromatic rings. The van der Waals surface area contributed by atoms with E-state index in [0.29, 0.717) is 10.7 Å². The Bertz CT molecular complexity index is 598. The van der Waals surface area contributed by atoms with E-state index in [4.69, 9.17) is 11.6 Å². The van der Waals surface area contributed by atoms with E-state index in [9.17, 15) is 5.26 Å². The topological polar surface area (TPSA) is 28.7 Å². The Balaban J connectivity index is 2.74. The summed E-state index contributed by atoms with van der Waals surface area (Å²) in [4.78, 5) is 0. The molecule has 0 radical (unpaired) electrons. The lowest BCUT2D eigenvalue weighted by molar-refractivity contribution is 0.399. The SMILES string of the molecule is CC(C)(C)n1c(-c2ccccc2)cc(Cl)c1C#N. The summed E-state index contributed by atoms with van der Waals surface area (Å²) in [5.74, 6) is 0. The van der Waals surface area contributed by atoms with Crippen LogP contribution in [-0.2, 0) is 5.54 Å². The summed E-state index contributed by atoms with van der Waals surface area (Å²) in [6.07, 6.45) is 0. The Hall–Kier alpha value is -1.72. The average molecular weight is 259 g/mol. The van der Waals surface area contributed by atoms with Gasteiger partial charge in [0, 0.05) is 5.54 Å². The monoisotopic (exact) mass is 258 g/mol. The van der Waals surface area contributed by atoms with Crippen LogP contribution in [0.1, 0.15) is 26.5 Å². The fourth-order valence-electron chi connectivity index (χ4n) is 2.10. The summed E-state index contributed by atoms with van der Waals surface area (Å²) in [5.41, 5.74) is 2.37. The van der Waals surface area contributed by atoms with Crippen LogP contribution in [0.4, 0.5) is 0 Å². The summed E-state index contributed by atoms with van der Waals surface area (Å²) in [7, 11) is 0. The summed E-state index contributed by atoms with van der Waals surface area (Å²) >= 11 is 6.16. The number of nitriles is 1. The Morgan fingerprint density at radius 3 is 2.28 bits per heavy atom. The van der Waals surface area contributed by atoms with Crippen LogP contribution in [0.25, 0.3) is 11.3 Å². The molecule has 0 unspecified atom stereocenters. The second kappa shape index (κ2) is 4.51. The van der Waals surface area contributed by atoms with Crippen molar-refractivity contribution < 1.29 is 0 Å². The zero-order valence-electron chi connectivity index (χ0n) is 10.7. The van der Waals surface area contributed by atoms with Crippen LogP contribution in [0.2, 0.25) is 5.02 Å². The number of hydrogen-bond acceptors (Lipinski definition) is 1. The van der Waals surface area contributed by atoms with E-state index in [1.165, 1.54) is 0 Å². The first kappa shape index (κ1) is 12.7. The van der Waals surface area contributed by atoms with Gasteiger partial charge in [0.05, 0.1) is 10.7 Å². The molecule has 2 rings (SSSR count). The molecule has 3 heteroatoms. The van der Waals surface area contributed by atoms with Gasteiger partial charge in [-0.25, -0.2) is 0 Å². The molecular weight excluding hydrogens is 244 g/mol. The molecule has 0 aliphatic rings. The molecular formula is C15H15ClN2. The number of aromatic nitrogens is 1. The van der Waals surface area contributed by atoms with Crippen LogP contribution in [0, 0.1) is 11.3 Å². The van der Waals surface area contributed by atoms with Gasteiger partial charge in [0.1, 0.15) is 11.8 Å². The molecule has 0 atom stereocenters. The zero-order valence-corrected chi connectivity index (χ0v) is 11.5. The molecule has 0 N–H and O–H groups in total. The van der Waals surface area contributed by atoms with Gasteiger partial charge in [-0.1, -0.05) is 41.9 Å². The van der Waals surface area contributed by atoms with E-state index < -0.39 is 0 Å². The van der Waals surface area contributed by atoms with Crippen molar-refractivity contribution in [1.29, 1.82) is 5.26 Å². The number of nitrogens with zero attached hydrogens (tertiary/aromatic N) is 2. The van der Waals surface area contributed by atoms with Crippen LogP contribution >= 0.6 is 11.6 Å². The smallest absolute Gasteiger partial charge is 0.140 e. The van der Waals surface area contributed by atoms with E-state index in [2.05, 4.69) is 26.8 Å². The first-order chi connectivity index (χ1) is 8.45. The number of benzene rings is 1. The number of halogens is 1. The van der Waals surface area contributed by atoms with E-state index in [0.717, 1.165) is 11.3 Å². The lowest BCUT2D eigenvalue weighted by Crippen LogP contribution is -2.24. The molecule has 0 fully saturated rings. The van der Waals surface area contributed by atoms with Crippen LogP contribution in [0.5, 0.6) is 0 Å². The maximum absolute atomic E-state index is 9.27. The maximum atomic E-state index is 9.27. The van der Waals surface area contributed by atoms with Crippen molar-refractivity contribution in [3.8, 4) is 17.3 Å². The highest BCUT2D eigenvalue weighted by molar-refractivity contribution is 6.32. The minimum Gasteiger partial charge on any atom is -0.326 e. The van der Waals surface area contributed by atoms with E-state index >= 15 is 0 Å². The third kappa shape index (κ3) is 2.14. The molecule has 2 nitrogen and oxygen atoms in total. The van der Waals surface area contributed by atoms with Crippen molar-refractivity contribution in [2.45, 2.75) is 26.3 Å². The molecule has 0 aliphatic carbocycles. The predicted octanol–water partition coefficient (Wildman–Crippen LogP) is 4.44. The zero-order chi connectivity index (χ0) is 13.3. The number of rotatable bonds is 1. The molecule has 0 bridgehead atoms. The van der Waals surface area contributed by atoms with Gasteiger partial charge in [0.25, 0.3) is 0 Å². The molecule has 0 saturated carbocycles. The van der Waals surface area contributed by atoms with Gasteiger partial charge in [0.15, 0.2) is 0 Å². The third-order valence-corrected chi connectivity index (χ3v) is 3.09. The first-order valence-corrected chi connectivity index (χ1v) is 6.20. The Morgan fingerprint density at radius 2 is 1.78 bits per heavy atom. The highest BCUT2D eigenvalue weighted by Crippen LogP contribution is 2.33. The summed E-state index contributed by atoms with van der Waals surface area (Å²) < 4.78 is 1.99. The highest BCUT2D eigenvalue weighted by atomic mass is 35.5. The molecule has 0 saturated heterocycles. The van der Waals surface area contributed by atoms with Crippen molar-refractivity contribution in [1.82, 2.24) is 4.57 Å². The second-order valence-electron chi connectivity index (χ2n) is 5.21. The summed E-state index contributed by atoms with van der Waals surface area (Å²) in [6.45, 7) is 6.20. The van der Waals surface area contributed by atoms with Crippen molar-refractivity contribution in [2.24, 2.45) is 0 Å². The van der Waals surface area contributed by atoms with Crippen molar-refractivity contribution in [3.63, 3.8) is 0 Å². The van der Waals surface area contributed by atoms with Gasteiger partial charge in [-0.15, -0.1) is 0 Å².